The van der Waals surface area contributed by atoms with Gasteiger partial charge in [0.05, 0.1) is 5.02 Å². The minimum atomic E-state index is -1.13. The van der Waals surface area contributed by atoms with Gasteiger partial charge in [0.2, 0.25) is 0 Å². The third-order valence-electron chi connectivity index (χ3n) is 2.47. The van der Waals surface area contributed by atoms with Gasteiger partial charge in [-0.15, -0.1) is 11.8 Å². The Hall–Kier alpha value is -0.490. The van der Waals surface area contributed by atoms with Gasteiger partial charge < -0.3 is 9.84 Å². The van der Waals surface area contributed by atoms with Crippen LogP contribution in [0, 0.1) is 0 Å². The fourth-order valence-electron chi connectivity index (χ4n) is 1.57. The van der Waals surface area contributed by atoms with Crippen LogP contribution in [0.4, 0.5) is 0 Å². The molecule has 1 aromatic carbocycles. The molecule has 0 aliphatic carbocycles. The van der Waals surface area contributed by atoms with Crippen molar-refractivity contribution in [2.24, 2.45) is 0 Å². The van der Waals surface area contributed by atoms with Gasteiger partial charge in [-0.1, -0.05) is 30.3 Å². The van der Waals surface area contributed by atoms with E-state index in [1.54, 1.807) is 30.5 Å². The van der Waals surface area contributed by atoms with Crippen LogP contribution in [0.25, 0.3) is 0 Å². The molecule has 0 saturated carbocycles. The smallest absolute Gasteiger partial charge is 0.138 e. The summed E-state index contributed by atoms with van der Waals surface area (Å²) in [5.74, 6) is 0.538. The molecule has 6 heteroatoms. The van der Waals surface area contributed by atoms with Gasteiger partial charge in [0.15, 0.2) is 0 Å². The second-order valence-electron chi connectivity index (χ2n) is 3.84. The maximum absolute atomic E-state index is 11.5. The Balaban J connectivity index is 2.93. The molecule has 0 spiro atoms. The molecule has 3 nitrogen and oxygen atoms in total. The van der Waals surface area contributed by atoms with E-state index in [9.17, 15) is 9.32 Å². The van der Waals surface area contributed by atoms with Gasteiger partial charge in [-0.3, -0.25) is 4.21 Å². The molecule has 3 atom stereocenters. The zero-order valence-electron chi connectivity index (χ0n) is 10.8. The summed E-state index contributed by atoms with van der Waals surface area (Å²) in [4.78, 5) is 0. The molecular formula is C13H17ClO3S2. The summed E-state index contributed by atoms with van der Waals surface area (Å²) in [5.41, 5.74) is 0.630. The van der Waals surface area contributed by atoms with Gasteiger partial charge in [-0.2, -0.15) is 0 Å². The molecule has 106 valence electrons. The molecule has 1 N–H and O–H groups in total. The van der Waals surface area contributed by atoms with Gasteiger partial charge in [-0.05, 0) is 24.0 Å². The van der Waals surface area contributed by atoms with Crippen LogP contribution in [0.5, 0.6) is 5.75 Å². The summed E-state index contributed by atoms with van der Waals surface area (Å²) in [6.07, 6.45) is 4.20. The minimum absolute atomic E-state index is 0.369. The molecule has 3 unspecified atom stereocenters. The van der Waals surface area contributed by atoms with Crippen molar-refractivity contribution in [1.29, 1.82) is 0 Å². The number of thioether (sulfide) groups is 1. The first-order valence-corrected chi connectivity index (χ1v) is 8.86. The summed E-state index contributed by atoms with van der Waals surface area (Å²) < 4.78 is 16.5. The molecular weight excluding hydrogens is 304 g/mol. The molecule has 0 radical (unpaired) electrons. The second-order valence-corrected chi connectivity index (χ2v) is 7.03. The number of hydrogen-bond acceptors (Lipinski definition) is 4. The molecule has 0 amide bonds. The Morgan fingerprint density at radius 2 is 2.32 bits per heavy atom. The normalized spacial score (nSPS) is 15.6. The van der Waals surface area contributed by atoms with Crippen LogP contribution in [0.1, 0.15) is 11.7 Å². The van der Waals surface area contributed by atoms with Gasteiger partial charge in [0.1, 0.15) is 23.0 Å². The summed E-state index contributed by atoms with van der Waals surface area (Å²) in [7, 11) is -1.13. The number of aliphatic hydroxyl groups excluding tert-OH is 1. The number of benzene rings is 1. The standard InChI is InChI=1S/C13H17ClO3S2/c1-4-7-17-11-6-5-9(8-10(11)14)12(15)13(18-2)19(3)16/h4-6,8,12-13,15H,1,7H2,2-3H3. The van der Waals surface area contributed by atoms with Crippen molar-refractivity contribution in [3.63, 3.8) is 0 Å². The van der Waals surface area contributed by atoms with Crippen molar-refractivity contribution >= 4 is 34.2 Å². The lowest BCUT2D eigenvalue weighted by Gasteiger charge is -2.19. The summed E-state index contributed by atoms with van der Waals surface area (Å²) >= 11 is 7.45. The lowest BCUT2D eigenvalue weighted by atomic mass is 10.1. The van der Waals surface area contributed by atoms with Crippen LogP contribution in [-0.2, 0) is 10.8 Å². The Bertz CT molecular complexity index is 465. The summed E-state index contributed by atoms with van der Waals surface area (Å²) in [5, 5.41) is 10.6. The van der Waals surface area contributed by atoms with Crippen LogP contribution >= 0.6 is 23.4 Å². The van der Waals surface area contributed by atoms with Crippen molar-refractivity contribution in [2.45, 2.75) is 10.7 Å². The van der Waals surface area contributed by atoms with Gasteiger partial charge >= 0.3 is 0 Å². The highest BCUT2D eigenvalue weighted by molar-refractivity contribution is 8.10. The number of aliphatic hydroxyl groups is 1. The monoisotopic (exact) mass is 320 g/mol. The quantitative estimate of drug-likeness (QED) is 0.785. The third-order valence-corrected chi connectivity index (χ3v) is 5.79. The fraction of sp³-hybridized carbons (Fsp3) is 0.385. The first kappa shape index (κ1) is 16.6. The zero-order chi connectivity index (χ0) is 14.4. The van der Waals surface area contributed by atoms with E-state index in [2.05, 4.69) is 6.58 Å². The maximum Gasteiger partial charge on any atom is 0.138 e. The molecule has 0 aliphatic heterocycles. The summed E-state index contributed by atoms with van der Waals surface area (Å²) in [6, 6.07) is 5.06. The molecule has 0 saturated heterocycles. The molecule has 19 heavy (non-hydrogen) atoms. The lowest BCUT2D eigenvalue weighted by Crippen LogP contribution is -2.19. The first-order chi connectivity index (χ1) is 9.01. The van der Waals surface area contributed by atoms with Crippen molar-refractivity contribution in [3.8, 4) is 5.75 Å². The zero-order valence-corrected chi connectivity index (χ0v) is 13.2. The fourth-order valence-corrected chi connectivity index (χ4v) is 3.83. The number of hydrogen-bond donors (Lipinski definition) is 1. The molecule has 0 aliphatic rings. The first-order valence-electron chi connectivity index (χ1n) is 5.57. The van der Waals surface area contributed by atoms with Crippen molar-refractivity contribution in [3.05, 3.63) is 41.4 Å². The van der Waals surface area contributed by atoms with Crippen molar-refractivity contribution < 1.29 is 14.1 Å². The Morgan fingerprint density at radius 1 is 1.63 bits per heavy atom. The Kier molecular flexibility index (Phi) is 6.93. The van der Waals surface area contributed by atoms with Crippen LogP contribution in [-0.4, -0.2) is 33.0 Å². The Labute approximate surface area is 125 Å². The van der Waals surface area contributed by atoms with E-state index in [1.807, 2.05) is 6.26 Å². The number of ether oxygens (including phenoxy) is 1. The number of rotatable bonds is 7. The molecule has 0 heterocycles. The van der Waals surface area contributed by atoms with Gasteiger partial charge in [-0.25, -0.2) is 0 Å². The number of halogens is 1. The lowest BCUT2D eigenvalue weighted by molar-refractivity contribution is 0.195. The van der Waals surface area contributed by atoms with Crippen LogP contribution in [0.2, 0.25) is 5.02 Å². The van der Waals surface area contributed by atoms with E-state index in [0.717, 1.165) is 0 Å². The highest BCUT2D eigenvalue weighted by Gasteiger charge is 2.24. The highest BCUT2D eigenvalue weighted by Crippen LogP contribution is 2.32. The van der Waals surface area contributed by atoms with E-state index in [1.165, 1.54) is 11.8 Å². The van der Waals surface area contributed by atoms with E-state index in [0.29, 0.717) is 22.9 Å². The van der Waals surface area contributed by atoms with E-state index in [4.69, 9.17) is 16.3 Å². The average Bonchev–Trinajstić information content (AvgIpc) is 2.37. The average molecular weight is 321 g/mol. The Morgan fingerprint density at radius 3 is 2.79 bits per heavy atom. The van der Waals surface area contributed by atoms with E-state index in [-0.39, 0.29) is 4.58 Å². The maximum atomic E-state index is 11.5. The highest BCUT2D eigenvalue weighted by atomic mass is 35.5. The van der Waals surface area contributed by atoms with Crippen molar-refractivity contribution in [1.82, 2.24) is 0 Å². The van der Waals surface area contributed by atoms with Crippen LogP contribution < -0.4 is 4.74 Å². The van der Waals surface area contributed by atoms with Gasteiger partial charge in [0, 0.05) is 17.1 Å². The van der Waals surface area contributed by atoms with E-state index < -0.39 is 16.9 Å². The molecule has 0 bridgehead atoms. The predicted octanol–water partition coefficient (Wildman–Crippen LogP) is 3.01. The van der Waals surface area contributed by atoms with E-state index >= 15 is 0 Å². The molecule has 1 aromatic rings. The SMILES string of the molecule is C=CCOc1ccc(C(O)C(SC)S(C)=O)cc1Cl. The molecule has 1 rings (SSSR count). The predicted molar refractivity (Wildman–Crippen MR) is 83.5 cm³/mol. The van der Waals surface area contributed by atoms with Crippen molar-refractivity contribution in [2.75, 3.05) is 19.1 Å². The third kappa shape index (κ3) is 4.53. The largest absolute Gasteiger partial charge is 0.488 e. The minimum Gasteiger partial charge on any atom is -0.488 e. The topological polar surface area (TPSA) is 46.5 Å². The second kappa shape index (κ2) is 7.94. The molecule has 0 aromatic heterocycles. The van der Waals surface area contributed by atoms with Crippen LogP contribution in [0.3, 0.4) is 0 Å². The summed E-state index contributed by atoms with van der Waals surface area (Å²) in [6.45, 7) is 3.93. The van der Waals surface area contributed by atoms with Gasteiger partial charge in [0.25, 0.3) is 0 Å². The molecule has 0 fully saturated rings. The van der Waals surface area contributed by atoms with Crippen LogP contribution in [0.15, 0.2) is 30.9 Å².